The van der Waals surface area contributed by atoms with Gasteiger partial charge in [0.2, 0.25) is 5.75 Å². The maximum atomic E-state index is 12.8. The Morgan fingerprint density at radius 2 is 1.70 bits per heavy atom. The molecule has 0 saturated heterocycles. The second-order valence-electron chi connectivity index (χ2n) is 7.19. The van der Waals surface area contributed by atoms with Gasteiger partial charge in [-0.2, -0.15) is 5.10 Å². The highest BCUT2D eigenvalue weighted by Crippen LogP contribution is 2.39. The molecule has 0 aliphatic rings. The number of rotatable bonds is 11. The van der Waals surface area contributed by atoms with Crippen LogP contribution < -0.4 is 24.4 Å². The number of ether oxygens (including phenoxy) is 3. The zero-order valence-corrected chi connectivity index (χ0v) is 20.6. The lowest BCUT2D eigenvalue weighted by Crippen LogP contribution is -2.16. The number of hydrogen-bond acceptors (Lipinski definition) is 10. The summed E-state index contributed by atoms with van der Waals surface area (Å²) in [5, 5.41) is 24.9. The highest BCUT2D eigenvalue weighted by Gasteiger charge is 2.23. The fourth-order valence-electron chi connectivity index (χ4n) is 3.28. The van der Waals surface area contributed by atoms with E-state index >= 15 is 0 Å². The molecular weight excluding hydrogens is 508 g/mol. The first-order chi connectivity index (χ1) is 17.6. The molecule has 14 heteroatoms. The van der Waals surface area contributed by atoms with Crippen molar-refractivity contribution in [1.29, 1.82) is 0 Å². The van der Waals surface area contributed by atoms with Gasteiger partial charge in [-0.25, -0.2) is 13.2 Å². The molecule has 0 saturated carbocycles. The number of carboxylic acid groups (broad SMARTS) is 1. The number of carboxylic acids is 1. The van der Waals surface area contributed by atoms with Crippen LogP contribution in [0.3, 0.4) is 0 Å². The zero-order valence-electron chi connectivity index (χ0n) is 19.8. The third kappa shape index (κ3) is 5.87. The second kappa shape index (κ2) is 11.3. The molecule has 0 aliphatic carbocycles. The molecule has 0 bridgehead atoms. The molecule has 0 aromatic heterocycles. The lowest BCUT2D eigenvalue weighted by molar-refractivity contribution is -0.384. The Morgan fingerprint density at radius 3 is 2.32 bits per heavy atom. The molecule has 3 aromatic carbocycles. The number of nitro benzene ring substituents is 1. The Balaban J connectivity index is 1.90. The van der Waals surface area contributed by atoms with Crippen LogP contribution in [0.2, 0.25) is 0 Å². The van der Waals surface area contributed by atoms with Crippen molar-refractivity contribution in [2.75, 3.05) is 31.5 Å². The van der Waals surface area contributed by atoms with Crippen LogP contribution in [0.1, 0.15) is 15.9 Å². The van der Waals surface area contributed by atoms with Gasteiger partial charge in [0, 0.05) is 11.6 Å². The molecule has 194 valence electrons. The Labute approximate surface area is 211 Å². The fourth-order valence-corrected chi connectivity index (χ4v) is 4.38. The minimum absolute atomic E-state index is 0.0921. The zero-order chi connectivity index (χ0) is 27.2. The molecule has 0 fully saturated rings. The van der Waals surface area contributed by atoms with Crippen molar-refractivity contribution in [2.45, 2.75) is 4.90 Å². The number of nitrogens with zero attached hydrogens (tertiary/aromatic N) is 2. The highest BCUT2D eigenvalue weighted by atomic mass is 32.2. The predicted molar refractivity (Wildman–Crippen MR) is 135 cm³/mol. The van der Waals surface area contributed by atoms with Crippen LogP contribution in [-0.2, 0) is 10.0 Å². The summed E-state index contributed by atoms with van der Waals surface area (Å²) in [7, 11) is -0.0232. The third-order valence-corrected chi connectivity index (χ3v) is 6.36. The number of carbonyl (C=O) groups is 1. The number of sulfonamides is 1. The second-order valence-corrected chi connectivity index (χ2v) is 8.87. The first kappa shape index (κ1) is 26.7. The molecule has 0 radical (unpaired) electrons. The summed E-state index contributed by atoms with van der Waals surface area (Å²) in [6.45, 7) is 0. The van der Waals surface area contributed by atoms with Gasteiger partial charge in [0.1, 0.15) is 5.69 Å². The molecule has 13 nitrogen and oxygen atoms in total. The Morgan fingerprint density at radius 1 is 1.00 bits per heavy atom. The lowest BCUT2D eigenvalue weighted by Gasteiger charge is -2.13. The number of hydrogen-bond donors (Lipinski definition) is 3. The number of para-hydroxylation sites is 1. The molecule has 0 atom stereocenters. The van der Waals surface area contributed by atoms with E-state index < -0.39 is 31.5 Å². The van der Waals surface area contributed by atoms with Gasteiger partial charge >= 0.3 is 5.97 Å². The van der Waals surface area contributed by atoms with E-state index in [1.165, 1.54) is 57.9 Å². The molecule has 0 unspecified atom stereocenters. The van der Waals surface area contributed by atoms with E-state index in [0.29, 0.717) is 22.8 Å². The number of nitro groups is 1. The van der Waals surface area contributed by atoms with Crippen LogP contribution >= 0.6 is 0 Å². The summed E-state index contributed by atoms with van der Waals surface area (Å²) in [4.78, 5) is 21.8. The first-order valence-electron chi connectivity index (χ1n) is 10.3. The summed E-state index contributed by atoms with van der Waals surface area (Å²) >= 11 is 0. The Kier molecular flexibility index (Phi) is 8.14. The smallest absolute Gasteiger partial charge is 0.337 e. The average Bonchev–Trinajstić information content (AvgIpc) is 2.88. The Bertz CT molecular complexity index is 1470. The van der Waals surface area contributed by atoms with Crippen LogP contribution in [0.5, 0.6) is 17.2 Å². The van der Waals surface area contributed by atoms with E-state index in [9.17, 15) is 28.4 Å². The molecule has 0 spiro atoms. The molecular formula is C23H22N4O9S. The van der Waals surface area contributed by atoms with Gasteiger partial charge in [0.05, 0.1) is 48.6 Å². The van der Waals surface area contributed by atoms with Crippen LogP contribution in [0.15, 0.2) is 64.6 Å². The maximum absolute atomic E-state index is 12.8. The van der Waals surface area contributed by atoms with E-state index in [0.717, 1.165) is 12.1 Å². The molecule has 3 rings (SSSR count). The van der Waals surface area contributed by atoms with E-state index in [4.69, 9.17) is 14.2 Å². The van der Waals surface area contributed by atoms with Crippen molar-refractivity contribution >= 4 is 39.3 Å². The highest BCUT2D eigenvalue weighted by molar-refractivity contribution is 7.92. The van der Waals surface area contributed by atoms with Gasteiger partial charge < -0.3 is 19.3 Å². The largest absolute Gasteiger partial charge is 0.493 e. The van der Waals surface area contributed by atoms with Crippen molar-refractivity contribution < 1.29 is 37.5 Å². The van der Waals surface area contributed by atoms with Crippen LogP contribution in [0.25, 0.3) is 0 Å². The maximum Gasteiger partial charge on any atom is 0.337 e. The van der Waals surface area contributed by atoms with Crippen molar-refractivity contribution in [2.24, 2.45) is 5.10 Å². The van der Waals surface area contributed by atoms with E-state index in [-0.39, 0.29) is 16.9 Å². The molecule has 3 N–H and O–H groups in total. The molecule has 0 amide bonds. The normalized spacial score (nSPS) is 11.1. The molecule has 0 aliphatic heterocycles. The van der Waals surface area contributed by atoms with Gasteiger partial charge in [0.15, 0.2) is 11.5 Å². The monoisotopic (exact) mass is 530 g/mol. The van der Waals surface area contributed by atoms with Gasteiger partial charge in [-0.1, -0.05) is 12.1 Å². The van der Waals surface area contributed by atoms with Crippen LogP contribution in [0, 0.1) is 10.1 Å². The summed E-state index contributed by atoms with van der Waals surface area (Å²) in [6, 6.07) is 11.8. The third-order valence-electron chi connectivity index (χ3n) is 5.00. The van der Waals surface area contributed by atoms with Crippen molar-refractivity contribution in [3.63, 3.8) is 0 Å². The number of anilines is 2. The summed E-state index contributed by atoms with van der Waals surface area (Å²) in [6.07, 6.45) is 1.33. The number of methoxy groups -OCH3 is 3. The standard InChI is InChI=1S/C23H22N4O9S/c1-34-20-11-8-14(21(35-2)22(20)36-3)13-24-25-18-10-9-15(12-19(18)27(30)31)37(32,33)26-17-7-5-4-6-16(17)23(28)29/h4-13,25-26H,1-3H3,(H,28,29)/b24-13-. The van der Waals surface area contributed by atoms with Gasteiger partial charge in [-0.3, -0.25) is 20.3 Å². The number of hydrazone groups is 1. The van der Waals surface area contributed by atoms with E-state index in [2.05, 4.69) is 15.2 Å². The Hall–Kier alpha value is -4.85. The summed E-state index contributed by atoms with van der Waals surface area (Å²) in [5.74, 6) is -0.271. The molecule has 0 heterocycles. The van der Waals surface area contributed by atoms with Crippen molar-refractivity contribution in [3.05, 3.63) is 75.8 Å². The minimum Gasteiger partial charge on any atom is -0.493 e. The summed E-state index contributed by atoms with van der Waals surface area (Å²) < 4.78 is 43.7. The minimum atomic E-state index is -4.36. The van der Waals surface area contributed by atoms with Crippen molar-refractivity contribution in [3.8, 4) is 17.2 Å². The number of nitrogens with one attached hydrogen (secondary N) is 2. The van der Waals surface area contributed by atoms with Crippen LogP contribution in [-0.4, -0.2) is 52.0 Å². The SMILES string of the molecule is COc1ccc(/C=N\Nc2ccc(S(=O)(=O)Nc3ccccc3C(=O)O)cc2[N+](=O)[O-])c(OC)c1OC. The van der Waals surface area contributed by atoms with Gasteiger partial charge in [-0.05, 0) is 36.4 Å². The van der Waals surface area contributed by atoms with Crippen molar-refractivity contribution in [1.82, 2.24) is 0 Å². The molecule has 3 aromatic rings. The number of aromatic carboxylic acids is 1. The predicted octanol–water partition coefficient (Wildman–Crippen LogP) is 3.57. The first-order valence-corrected chi connectivity index (χ1v) is 11.8. The average molecular weight is 531 g/mol. The van der Waals surface area contributed by atoms with Crippen LogP contribution in [0.4, 0.5) is 17.1 Å². The summed E-state index contributed by atoms with van der Waals surface area (Å²) in [5.41, 5.74) is 1.85. The fraction of sp³-hybridized carbons (Fsp3) is 0.130. The lowest BCUT2D eigenvalue weighted by atomic mass is 10.2. The van der Waals surface area contributed by atoms with E-state index in [1.54, 1.807) is 12.1 Å². The van der Waals surface area contributed by atoms with Gasteiger partial charge in [-0.15, -0.1) is 0 Å². The topological polar surface area (TPSA) is 179 Å². The molecule has 37 heavy (non-hydrogen) atoms. The number of benzene rings is 3. The van der Waals surface area contributed by atoms with E-state index in [1.807, 2.05) is 0 Å². The quantitative estimate of drug-likeness (QED) is 0.188. The van der Waals surface area contributed by atoms with Gasteiger partial charge in [0.25, 0.3) is 15.7 Å².